The van der Waals surface area contributed by atoms with Gasteiger partial charge < -0.3 is 0 Å². The van der Waals surface area contributed by atoms with Gasteiger partial charge in [-0.1, -0.05) is 13.0 Å². The topological polar surface area (TPSA) is 16.1 Å². The van der Waals surface area contributed by atoms with Crippen molar-refractivity contribution in [3.63, 3.8) is 0 Å². The molecule has 0 bridgehead atoms. The van der Waals surface area contributed by atoms with Crippen molar-refractivity contribution in [2.24, 2.45) is 0 Å². The highest BCUT2D eigenvalue weighted by Crippen LogP contribution is 2.30. The van der Waals surface area contributed by atoms with Crippen LogP contribution in [-0.2, 0) is 0 Å². The minimum atomic E-state index is 0.619. The minimum absolute atomic E-state index is 0.619. The van der Waals surface area contributed by atoms with Crippen LogP contribution in [0.4, 0.5) is 0 Å². The van der Waals surface area contributed by atoms with Gasteiger partial charge in [-0.05, 0) is 44.5 Å². The first-order valence-corrected chi connectivity index (χ1v) is 5.48. The Hall–Kier alpha value is -0.890. The zero-order valence-electron chi connectivity index (χ0n) is 9.03. The average Bonchev–Trinajstić information content (AvgIpc) is 2.67. The standard InChI is InChI=1S/C12H18N2/c1-3-14-8-4-5-12(14)11-7-6-10(2)13-9-11/h6-7,9,12H,3-5,8H2,1-2H3. The predicted molar refractivity (Wildman–Crippen MR) is 58.2 cm³/mol. The maximum Gasteiger partial charge on any atom is 0.0372 e. The quantitative estimate of drug-likeness (QED) is 0.712. The summed E-state index contributed by atoms with van der Waals surface area (Å²) in [6, 6.07) is 4.95. The molecule has 0 radical (unpaired) electrons. The summed E-state index contributed by atoms with van der Waals surface area (Å²) in [4.78, 5) is 6.90. The van der Waals surface area contributed by atoms with E-state index in [4.69, 9.17) is 0 Å². The second kappa shape index (κ2) is 4.09. The molecule has 1 aliphatic rings. The van der Waals surface area contributed by atoms with Crippen molar-refractivity contribution in [3.8, 4) is 0 Å². The van der Waals surface area contributed by atoms with Gasteiger partial charge in [-0.2, -0.15) is 0 Å². The van der Waals surface area contributed by atoms with Gasteiger partial charge in [0.1, 0.15) is 0 Å². The van der Waals surface area contributed by atoms with E-state index in [1.165, 1.54) is 24.9 Å². The molecular weight excluding hydrogens is 172 g/mol. The molecule has 2 nitrogen and oxygen atoms in total. The number of hydrogen-bond acceptors (Lipinski definition) is 2. The summed E-state index contributed by atoms with van der Waals surface area (Å²) >= 11 is 0. The summed E-state index contributed by atoms with van der Waals surface area (Å²) in [7, 11) is 0. The average molecular weight is 190 g/mol. The fraction of sp³-hybridized carbons (Fsp3) is 0.583. The zero-order valence-corrected chi connectivity index (χ0v) is 9.03. The largest absolute Gasteiger partial charge is 0.297 e. The molecule has 1 aromatic rings. The van der Waals surface area contributed by atoms with Crippen LogP contribution in [0.15, 0.2) is 18.3 Å². The van der Waals surface area contributed by atoms with Crippen LogP contribution in [-0.4, -0.2) is 23.0 Å². The molecule has 0 N–H and O–H groups in total. The first kappa shape index (κ1) is 9.66. The van der Waals surface area contributed by atoms with Gasteiger partial charge in [-0.15, -0.1) is 0 Å². The second-order valence-corrected chi connectivity index (χ2v) is 4.02. The summed E-state index contributed by atoms with van der Waals surface area (Å²) in [5.74, 6) is 0. The number of rotatable bonds is 2. The molecule has 0 aromatic carbocycles. The van der Waals surface area contributed by atoms with Gasteiger partial charge in [-0.3, -0.25) is 9.88 Å². The van der Waals surface area contributed by atoms with Crippen LogP contribution in [0.2, 0.25) is 0 Å². The molecule has 1 aromatic heterocycles. The Morgan fingerprint density at radius 1 is 1.50 bits per heavy atom. The van der Waals surface area contributed by atoms with Gasteiger partial charge in [0.15, 0.2) is 0 Å². The van der Waals surface area contributed by atoms with E-state index >= 15 is 0 Å². The number of aryl methyl sites for hydroxylation is 1. The lowest BCUT2D eigenvalue weighted by molar-refractivity contribution is 0.271. The van der Waals surface area contributed by atoms with Crippen molar-refractivity contribution in [2.75, 3.05) is 13.1 Å². The van der Waals surface area contributed by atoms with Gasteiger partial charge in [0, 0.05) is 17.9 Å². The monoisotopic (exact) mass is 190 g/mol. The SMILES string of the molecule is CCN1CCCC1c1ccc(C)nc1. The maximum absolute atomic E-state index is 4.37. The van der Waals surface area contributed by atoms with Crippen molar-refractivity contribution in [2.45, 2.75) is 32.7 Å². The lowest BCUT2D eigenvalue weighted by atomic mass is 10.1. The Bertz CT molecular complexity index is 292. The molecule has 0 saturated carbocycles. The third-order valence-corrected chi connectivity index (χ3v) is 3.09. The molecule has 0 amide bonds. The lowest BCUT2D eigenvalue weighted by Gasteiger charge is -2.22. The molecule has 2 rings (SSSR count). The van der Waals surface area contributed by atoms with E-state index in [1.54, 1.807) is 0 Å². The predicted octanol–water partition coefficient (Wildman–Crippen LogP) is 2.55. The van der Waals surface area contributed by atoms with Crippen LogP contribution in [0.1, 0.15) is 37.1 Å². The molecule has 1 fully saturated rings. The van der Waals surface area contributed by atoms with E-state index in [0.29, 0.717) is 6.04 Å². The van der Waals surface area contributed by atoms with Crippen LogP contribution in [0.5, 0.6) is 0 Å². The van der Waals surface area contributed by atoms with Crippen molar-refractivity contribution in [1.82, 2.24) is 9.88 Å². The summed E-state index contributed by atoms with van der Waals surface area (Å²) < 4.78 is 0. The molecule has 76 valence electrons. The van der Waals surface area contributed by atoms with Gasteiger partial charge >= 0.3 is 0 Å². The Morgan fingerprint density at radius 2 is 2.36 bits per heavy atom. The van der Waals surface area contributed by atoms with Crippen LogP contribution in [0, 0.1) is 6.92 Å². The van der Waals surface area contributed by atoms with Gasteiger partial charge in [0.2, 0.25) is 0 Å². The van der Waals surface area contributed by atoms with E-state index in [1.807, 2.05) is 13.1 Å². The normalized spacial score (nSPS) is 22.9. The smallest absolute Gasteiger partial charge is 0.0372 e. The number of nitrogens with zero attached hydrogens (tertiary/aromatic N) is 2. The van der Waals surface area contributed by atoms with Crippen LogP contribution >= 0.6 is 0 Å². The first-order chi connectivity index (χ1) is 6.81. The molecule has 1 atom stereocenters. The first-order valence-electron chi connectivity index (χ1n) is 5.48. The van der Waals surface area contributed by atoms with Crippen LogP contribution < -0.4 is 0 Å². The van der Waals surface area contributed by atoms with Crippen molar-refractivity contribution < 1.29 is 0 Å². The molecule has 14 heavy (non-hydrogen) atoms. The Morgan fingerprint density at radius 3 is 3.00 bits per heavy atom. The number of aromatic nitrogens is 1. The molecule has 2 heterocycles. The Balaban J connectivity index is 2.17. The van der Waals surface area contributed by atoms with E-state index in [0.717, 1.165) is 12.2 Å². The van der Waals surface area contributed by atoms with E-state index in [2.05, 4.69) is 28.9 Å². The molecule has 1 saturated heterocycles. The van der Waals surface area contributed by atoms with E-state index < -0.39 is 0 Å². The Labute approximate surface area is 86.0 Å². The van der Waals surface area contributed by atoms with Crippen molar-refractivity contribution >= 4 is 0 Å². The van der Waals surface area contributed by atoms with Crippen LogP contribution in [0.25, 0.3) is 0 Å². The molecule has 0 aliphatic carbocycles. The fourth-order valence-corrected chi connectivity index (χ4v) is 2.26. The Kier molecular flexibility index (Phi) is 2.82. The summed E-state index contributed by atoms with van der Waals surface area (Å²) in [6.45, 7) is 6.67. The third-order valence-electron chi connectivity index (χ3n) is 3.09. The fourth-order valence-electron chi connectivity index (χ4n) is 2.26. The van der Waals surface area contributed by atoms with Crippen molar-refractivity contribution in [1.29, 1.82) is 0 Å². The van der Waals surface area contributed by atoms with Gasteiger partial charge in [0.25, 0.3) is 0 Å². The van der Waals surface area contributed by atoms with Crippen molar-refractivity contribution in [3.05, 3.63) is 29.6 Å². The van der Waals surface area contributed by atoms with E-state index in [9.17, 15) is 0 Å². The molecule has 1 unspecified atom stereocenters. The second-order valence-electron chi connectivity index (χ2n) is 4.02. The number of hydrogen-bond donors (Lipinski definition) is 0. The highest BCUT2D eigenvalue weighted by atomic mass is 15.2. The maximum atomic E-state index is 4.37. The number of likely N-dealkylation sites (tertiary alicyclic amines) is 1. The molecule has 0 spiro atoms. The zero-order chi connectivity index (χ0) is 9.97. The molecule has 2 heteroatoms. The summed E-state index contributed by atoms with van der Waals surface area (Å²) in [5, 5.41) is 0. The molecular formula is C12H18N2. The highest BCUT2D eigenvalue weighted by molar-refractivity contribution is 5.18. The number of pyridine rings is 1. The van der Waals surface area contributed by atoms with Crippen LogP contribution in [0.3, 0.4) is 0 Å². The van der Waals surface area contributed by atoms with Gasteiger partial charge in [-0.25, -0.2) is 0 Å². The summed E-state index contributed by atoms with van der Waals surface area (Å²) in [5.41, 5.74) is 2.49. The third kappa shape index (κ3) is 1.80. The lowest BCUT2D eigenvalue weighted by Crippen LogP contribution is -2.22. The van der Waals surface area contributed by atoms with Gasteiger partial charge in [0.05, 0.1) is 0 Å². The summed E-state index contributed by atoms with van der Waals surface area (Å²) in [6.07, 6.45) is 4.65. The molecule has 1 aliphatic heterocycles. The highest BCUT2D eigenvalue weighted by Gasteiger charge is 2.24. The van der Waals surface area contributed by atoms with E-state index in [-0.39, 0.29) is 0 Å². The minimum Gasteiger partial charge on any atom is -0.297 e.